The molecule has 3 rings (SSSR count). The van der Waals surface area contributed by atoms with E-state index in [-0.39, 0.29) is 6.61 Å². The fourth-order valence-corrected chi connectivity index (χ4v) is 2.40. The molecule has 1 aliphatic rings. The van der Waals surface area contributed by atoms with Gasteiger partial charge in [0.15, 0.2) is 0 Å². The van der Waals surface area contributed by atoms with Gasteiger partial charge >= 0.3 is 0 Å². The summed E-state index contributed by atoms with van der Waals surface area (Å²) in [6.45, 7) is 1.76. The van der Waals surface area contributed by atoms with Crippen molar-refractivity contribution in [2.75, 3.05) is 18.5 Å². The Bertz CT molecular complexity index is 673. The van der Waals surface area contributed by atoms with E-state index in [4.69, 9.17) is 15.9 Å². The van der Waals surface area contributed by atoms with Crippen molar-refractivity contribution in [2.24, 2.45) is 0 Å². The fraction of sp³-hybridized carbons (Fsp3) is 0.222. The van der Waals surface area contributed by atoms with Crippen LogP contribution < -0.4 is 14.8 Å². The van der Waals surface area contributed by atoms with Crippen LogP contribution in [0.5, 0.6) is 11.5 Å². The summed E-state index contributed by atoms with van der Waals surface area (Å²) in [6.07, 6.45) is 6.22. The van der Waals surface area contributed by atoms with Gasteiger partial charge in [-0.2, -0.15) is 0 Å². The number of nitrogens with one attached hydrogen (secondary N) is 1. The first-order chi connectivity index (χ1) is 10.4. The third-order valence-electron chi connectivity index (χ3n) is 3.46. The van der Waals surface area contributed by atoms with Gasteiger partial charge in [0.2, 0.25) is 0 Å². The fourth-order valence-electron chi connectivity index (χ4n) is 2.40. The quantitative estimate of drug-likeness (QED) is 0.852. The number of fused-ring (bicyclic) bond motifs is 1. The van der Waals surface area contributed by atoms with Gasteiger partial charge in [0, 0.05) is 24.2 Å². The lowest BCUT2D eigenvalue weighted by molar-refractivity contribution is 0.357. The summed E-state index contributed by atoms with van der Waals surface area (Å²) in [7, 11) is 0. The Morgan fingerprint density at radius 2 is 2.14 bits per heavy atom. The molecular weight excluding hydrogens is 262 g/mol. The van der Waals surface area contributed by atoms with Gasteiger partial charge < -0.3 is 14.8 Å². The highest BCUT2D eigenvalue weighted by molar-refractivity contribution is 5.53. The molecule has 1 heterocycles. The summed E-state index contributed by atoms with van der Waals surface area (Å²) in [4.78, 5) is 0. The van der Waals surface area contributed by atoms with E-state index in [0.29, 0.717) is 6.54 Å². The largest absolute Gasteiger partial charge is 0.493 e. The first-order valence-electron chi connectivity index (χ1n) is 7.00. The van der Waals surface area contributed by atoms with E-state index in [0.717, 1.165) is 35.8 Å². The smallest absolute Gasteiger partial charge is 0.148 e. The van der Waals surface area contributed by atoms with Crippen molar-refractivity contribution in [2.45, 2.75) is 13.0 Å². The zero-order chi connectivity index (χ0) is 14.5. The average Bonchev–Trinajstić information content (AvgIpc) is 2.99. The van der Waals surface area contributed by atoms with Crippen LogP contribution in [0.1, 0.15) is 11.1 Å². The molecule has 3 nitrogen and oxygen atoms in total. The Hall–Kier alpha value is -2.60. The van der Waals surface area contributed by atoms with Gasteiger partial charge in [-0.1, -0.05) is 24.1 Å². The highest BCUT2D eigenvalue weighted by Crippen LogP contribution is 2.28. The number of anilines is 1. The van der Waals surface area contributed by atoms with E-state index >= 15 is 0 Å². The van der Waals surface area contributed by atoms with Crippen LogP contribution >= 0.6 is 0 Å². The molecule has 0 atom stereocenters. The lowest BCUT2D eigenvalue weighted by Gasteiger charge is -2.12. The molecule has 0 bridgehead atoms. The number of hydrogen-bond acceptors (Lipinski definition) is 3. The molecule has 1 aliphatic heterocycles. The van der Waals surface area contributed by atoms with Crippen LogP contribution in [0, 0.1) is 12.3 Å². The number of benzene rings is 2. The predicted molar refractivity (Wildman–Crippen MR) is 83.7 cm³/mol. The van der Waals surface area contributed by atoms with Crippen LogP contribution in [0.4, 0.5) is 5.69 Å². The molecule has 0 unspecified atom stereocenters. The van der Waals surface area contributed by atoms with Crippen molar-refractivity contribution in [3.05, 3.63) is 53.6 Å². The Balaban J connectivity index is 1.69. The lowest BCUT2D eigenvalue weighted by Crippen LogP contribution is -2.03. The summed E-state index contributed by atoms with van der Waals surface area (Å²) < 4.78 is 11.1. The SMILES string of the molecule is C#CCOc1ccccc1CNc1ccc2c(c1)CCO2. The molecule has 0 amide bonds. The van der Waals surface area contributed by atoms with E-state index in [9.17, 15) is 0 Å². The van der Waals surface area contributed by atoms with Crippen LogP contribution in [0.25, 0.3) is 0 Å². The summed E-state index contributed by atoms with van der Waals surface area (Å²) in [5.74, 6) is 4.31. The normalized spacial score (nSPS) is 12.1. The molecular formula is C18H17NO2. The van der Waals surface area contributed by atoms with Crippen LogP contribution in [0.15, 0.2) is 42.5 Å². The van der Waals surface area contributed by atoms with Gasteiger partial charge in [0.25, 0.3) is 0 Å². The number of rotatable bonds is 5. The summed E-state index contributed by atoms with van der Waals surface area (Å²) in [6, 6.07) is 14.1. The van der Waals surface area contributed by atoms with Crippen LogP contribution in [0.2, 0.25) is 0 Å². The van der Waals surface area contributed by atoms with Crippen LogP contribution in [-0.4, -0.2) is 13.2 Å². The maximum absolute atomic E-state index is 5.55. The summed E-state index contributed by atoms with van der Waals surface area (Å²) in [5.41, 5.74) is 3.44. The zero-order valence-corrected chi connectivity index (χ0v) is 11.8. The van der Waals surface area contributed by atoms with Crippen LogP contribution in [-0.2, 0) is 13.0 Å². The topological polar surface area (TPSA) is 30.5 Å². The number of hydrogen-bond donors (Lipinski definition) is 1. The Morgan fingerprint density at radius 1 is 1.24 bits per heavy atom. The average molecular weight is 279 g/mol. The van der Waals surface area contributed by atoms with Gasteiger partial charge in [0.05, 0.1) is 6.61 Å². The second-order valence-corrected chi connectivity index (χ2v) is 4.88. The standard InChI is InChI=1S/C18H17NO2/c1-2-10-20-17-6-4-3-5-15(17)13-19-16-7-8-18-14(12-16)9-11-21-18/h1,3-8,12,19H,9-11,13H2. The van der Waals surface area contributed by atoms with Gasteiger partial charge in [-0.3, -0.25) is 0 Å². The second-order valence-electron chi connectivity index (χ2n) is 4.88. The van der Waals surface area contributed by atoms with Gasteiger partial charge in [-0.15, -0.1) is 6.42 Å². The maximum atomic E-state index is 5.55. The molecule has 0 aliphatic carbocycles. The van der Waals surface area contributed by atoms with E-state index in [1.807, 2.05) is 36.4 Å². The van der Waals surface area contributed by atoms with Gasteiger partial charge in [-0.05, 0) is 29.8 Å². The Labute approximate surface area is 124 Å². The molecule has 1 N–H and O–H groups in total. The molecule has 0 radical (unpaired) electrons. The van der Waals surface area contributed by atoms with Crippen LogP contribution in [0.3, 0.4) is 0 Å². The van der Waals surface area contributed by atoms with E-state index in [1.165, 1.54) is 5.56 Å². The van der Waals surface area contributed by atoms with Crippen molar-refractivity contribution in [3.63, 3.8) is 0 Å². The zero-order valence-electron chi connectivity index (χ0n) is 11.8. The highest BCUT2D eigenvalue weighted by Gasteiger charge is 2.12. The minimum Gasteiger partial charge on any atom is -0.493 e. The monoisotopic (exact) mass is 279 g/mol. The third-order valence-corrected chi connectivity index (χ3v) is 3.46. The second kappa shape index (κ2) is 6.23. The van der Waals surface area contributed by atoms with Crippen molar-refractivity contribution in [3.8, 4) is 23.8 Å². The van der Waals surface area contributed by atoms with Gasteiger partial charge in [-0.25, -0.2) is 0 Å². The first kappa shape index (κ1) is 13.4. The Morgan fingerprint density at radius 3 is 3.05 bits per heavy atom. The van der Waals surface area contributed by atoms with Crippen molar-refractivity contribution in [1.82, 2.24) is 0 Å². The Kier molecular flexibility index (Phi) is 3.97. The minimum atomic E-state index is 0.285. The lowest BCUT2D eigenvalue weighted by atomic mass is 10.1. The first-order valence-corrected chi connectivity index (χ1v) is 7.00. The number of para-hydroxylation sites is 1. The summed E-state index contributed by atoms with van der Waals surface area (Å²) >= 11 is 0. The molecule has 106 valence electrons. The summed E-state index contributed by atoms with van der Waals surface area (Å²) in [5, 5.41) is 3.42. The molecule has 0 saturated heterocycles. The van der Waals surface area contributed by atoms with Crippen molar-refractivity contribution >= 4 is 5.69 Å². The predicted octanol–water partition coefficient (Wildman–Crippen LogP) is 3.25. The number of ether oxygens (including phenoxy) is 2. The number of terminal acetylenes is 1. The molecule has 2 aromatic carbocycles. The minimum absolute atomic E-state index is 0.285. The molecule has 0 saturated carbocycles. The molecule has 0 aromatic heterocycles. The van der Waals surface area contributed by atoms with Crippen molar-refractivity contribution in [1.29, 1.82) is 0 Å². The highest BCUT2D eigenvalue weighted by atomic mass is 16.5. The molecule has 3 heteroatoms. The van der Waals surface area contributed by atoms with E-state index in [2.05, 4.69) is 17.3 Å². The van der Waals surface area contributed by atoms with Crippen molar-refractivity contribution < 1.29 is 9.47 Å². The maximum Gasteiger partial charge on any atom is 0.148 e. The molecule has 0 fully saturated rings. The molecule has 0 spiro atoms. The third kappa shape index (κ3) is 3.11. The molecule has 2 aromatic rings. The van der Waals surface area contributed by atoms with E-state index in [1.54, 1.807) is 0 Å². The van der Waals surface area contributed by atoms with E-state index < -0.39 is 0 Å². The molecule has 21 heavy (non-hydrogen) atoms. The van der Waals surface area contributed by atoms with Gasteiger partial charge in [0.1, 0.15) is 18.1 Å².